The molecule has 0 saturated carbocycles. The van der Waals surface area contributed by atoms with Crippen LogP contribution in [0.15, 0.2) is 30.3 Å². The number of nitrogens with two attached hydrogens (primary N) is 1. The summed E-state index contributed by atoms with van der Waals surface area (Å²) in [6.07, 6.45) is -0.718. The summed E-state index contributed by atoms with van der Waals surface area (Å²) in [5.41, 5.74) is 5.39. The Morgan fingerprint density at radius 3 is 2.07 bits per heavy atom. The number of carboxylic acids is 1. The molecule has 1 rings (SSSR count). The van der Waals surface area contributed by atoms with Crippen molar-refractivity contribution in [3.8, 4) is 0 Å². The van der Waals surface area contributed by atoms with Gasteiger partial charge in [-0.1, -0.05) is 30.3 Å². The van der Waals surface area contributed by atoms with Crippen molar-refractivity contribution in [3.05, 3.63) is 35.9 Å². The minimum Gasteiger partial charge on any atom is -0.480 e. The van der Waals surface area contributed by atoms with Gasteiger partial charge in [-0.05, 0) is 26.3 Å². The Bertz CT molecular complexity index is 692. The van der Waals surface area contributed by atoms with Gasteiger partial charge in [0, 0.05) is 14.1 Å². The van der Waals surface area contributed by atoms with E-state index in [1.165, 1.54) is 4.90 Å². The molecule has 11 heteroatoms. The third-order valence-electron chi connectivity index (χ3n) is 3.09. The van der Waals surface area contributed by atoms with Crippen LogP contribution in [-0.4, -0.2) is 66.7 Å². The van der Waals surface area contributed by atoms with Gasteiger partial charge >= 0.3 is 12.1 Å². The second-order valence-corrected chi connectivity index (χ2v) is 7.10. The zero-order valence-corrected chi connectivity index (χ0v) is 18.6. The summed E-state index contributed by atoms with van der Waals surface area (Å²) >= 11 is 0. The maximum Gasteiger partial charge on any atom is 0.408 e. The average molecular weight is 447 g/mol. The molecule has 5 N–H and O–H groups in total. The predicted octanol–water partition coefficient (Wildman–Crippen LogP) is 0.908. The number of nitrogens with zero attached hydrogens (tertiary/aromatic N) is 1. The van der Waals surface area contributed by atoms with Gasteiger partial charge in [-0.15, -0.1) is 12.4 Å². The van der Waals surface area contributed by atoms with Crippen molar-refractivity contribution in [1.29, 1.82) is 0 Å². The number of hydrogen-bond donors (Lipinski definition) is 4. The Balaban J connectivity index is 0. The molecule has 0 bridgehead atoms. The molecule has 1 aromatic rings. The highest BCUT2D eigenvalue weighted by atomic mass is 35.5. The molecule has 0 aliphatic heterocycles. The van der Waals surface area contributed by atoms with E-state index in [2.05, 4.69) is 10.6 Å². The number of alkyl carbamates (subject to hydrolysis) is 1. The van der Waals surface area contributed by atoms with Gasteiger partial charge in [0.1, 0.15) is 18.2 Å². The van der Waals surface area contributed by atoms with E-state index in [9.17, 15) is 19.2 Å². The summed E-state index contributed by atoms with van der Waals surface area (Å²) in [5, 5.41) is 12.9. The van der Waals surface area contributed by atoms with E-state index in [0.29, 0.717) is 0 Å². The lowest BCUT2D eigenvalue weighted by molar-refractivity contribution is -0.136. The summed E-state index contributed by atoms with van der Waals surface area (Å²) in [6, 6.07) is 8.40. The summed E-state index contributed by atoms with van der Waals surface area (Å²) in [7, 11) is 3.29. The summed E-state index contributed by atoms with van der Waals surface area (Å²) < 4.78 is 4.77. The molecule has 1 aromatic carbocycles. The Morgan fingerprint density at radius 2 is 1.67 bits per heavy atom. The number of amides is 3. The molecule has 10 nitrogen and oxygen atoms in total. The summed E-state index contributed by atoms with van der Waals surface area (Å²) in [4.78, 5) is 45.5. The number of carbonyl (C=O) groups is 4. The molecule has 170 valence electrons. The number of carbonyl (C=O) groups excluding carboxylic acids is 3. The van der Waals surface area contributed by atoms with Crippen LogP contribution >= 0.6 is 12.4 Å². The first-order valence-electron chi connectivity index (χ1n) is 8.81. The summed E-state index contributed by atoms with van der Waals surface area (Å²) in [5.74, 6) is -1.63. The second kappa shape index (κ2) is 14.2. The van der Waals surface area contributed by atoms with Crippen LogP contribution in [-0.2, 0) is 19.1 Å². The lowest BCUT2D eigenvalue weighted by atomic mass is 10.1. The number of hydrogen-bond acceptors (Lipinski definition) is 6. The van der Waals surface area contributed by atoms with Gasteiger partial charge in [0.2, 0.25) is 11.8 Å². The number of aliphatic carboxylic acids is 1. The highest BCUT2D eigenvalue weighted by molar-refractivity contribution is 5.89. The predicted molar refractivity (Wildman–Crippen MR) is 114 cm³/mol. The number of likely N-dealkylation sites (N-methyl/N-ethyl adjacent to an activating group) is 1. The van der Waals surface area contributed by atoms with Crippen molar-refractivity contribution < 1.29 is 29.0 Å². The maximum absolute atomic E-state index is 12.0. The SMILES string of the molecule is CC(C)(C)OC(=O)NCC(=O)O.CN(C)C(=O)[C@@H](NC(=O)CN)c1ccccc1.Cl. The standard InChI is InChI=1S/C12H17N3O2.C7H13NO4.ClH/c1-15(2)12(17)11(14-10(16)8-13)9-6-4-3-5-7-9;1-7(2,3)12-6(11)8-4-5(9)10;/h3-7,11H,8,13H2,1-2H3,(H,14,16);4H2,1-3H3,(H,8,11)(H,9,10);1H/t11-;;/m0../s1. The van der Waals surface area contributed by atoms with Gasteiger partial charge in [0.25, 0.3) is 0 Å². The van der Waals surface area contributed by atoms with E-state index in [1.807, 2.05) is 18.2 Å². The van der Waals surface area contributed by atoms with E-state index < -0.39 is 30.3 Å². The minimum absolute atomic E-state index is 0. The van der Waals surface area contributed by atoms with Crippen molar-refractivity contribution in [2.24, 2.45) is 5.73 Å². The van der Waals surface area contributed by atoms with Gasteiger partial charge < -0.3 is 31.1 Å². The topological polar surface area (TPSA) is 151 Å². The molecule has 1 atom stereocenters. The normalized spacial score (nSPS) is 10.9. The number of benzene rings is 1. The van der Waals surface area contributed by atoms with E-state index >= 15 is 0 Å². The van der Waals surface area contributed by atoms with Crippen molar-refractivity contribution in [2.45, 2.75) is 32.4 Å². The molecular formula is C19H31ClN4O6. The first-order valence-corrected chi connectivity index (χ1v) is 8.81. The Hall–Kier alpha value is -2.85. The third kappa shape index (κ3) is 13.3. The van der Waals surface area contributed by atoms with Crippen LogP contribution < -0.4 is 16.4 Å². The lowest BCUT2D eigenvalue weighted by Crippen LogP contribution is -2.42. The van der Waals surface area contributed by atoms with Gasteiger partial charge in [-0.2, -0.15) is 0 Å². The van der Waals surface area contributed by atoms with Crippen molar-refractivity contribution in [1.82, 2.24) is 15.5 Å². The Labute approximate surface area is 182 Å². The summed E-state index contributed by atoms with van der Waals surface area (Å²) in [6.45, 7) is 4.55. The number of halogens is 1. The van der Waals surface area contributed by atoms with Gasteiger partial charge in [-0.3, -0.25) is 14.4 Å². The number of rotatable bonds is 6. The number of nitrogens with one attached hydrogen (secondary N) is 2. The Kier molecular flexibility index (Phi) is 13.9. The molecule has 0 aromatic heterocycles. The van der Waals surface area contributed by atoms with Crippen molar-refractivity contribution >= 4 is 36.3 Å². The Morgan fingerprint density at radius 1 is 1.13 bits per heavy atom. The fourth-order valence-corrected chi connectivity index (χ4v) is 1.87. The first-order chi connectivity index (χ1) is 13.4. The minimum atomic E-state index is -1.10. The molecular weight excluding hydrogens is 416 g/mol. The van der Waals surface area contributed by atoms with Crippen molar-refractivity contribution in [2.75, 3.05) is 27.2 Å². The monoisotopic (exact) mass is 446 g/mol. The molecule has 3 amide bonds. The third-order valence-corrected chi connectivity index (χ3v) is 3.09. The van der Waals surface area contributed by atoms with Gasteiger partial charge in [0.15, 0.2) is 0 Å². The van der Waals surface area contributed by atoms with E-state index in [1.54, 1.807) is 47.0 Å². The second-order valence-electron chi connectivity index (χ2n) is 7.10. The van der Waals surface area contributed by atoms with Gasteiger partial charge in [0.05, 0.1) is 6.54 Å². The van der Waals surface area contributed by atoms with E-state index in [4.69, 9.17) is 15.6 Å². The first kappa shape index (κ1) is 29.4. The van der Waals surface area contributed by atoms with Crippen LogP contribution in [0.2, 0.25) is 0 Å². The molecule has 0 spiro atoms. The maximum atomic E-state index is 12.0. The van der Waals surface area contributed by atoms with E-state index in [-0.39, 0.29) is 30.8 Å². The molecule has 0 fully saturated rings. The fourth-order valence-electron chi connectivity index (χ4n) is 1.87. The van der Waals surface area contributed by atoms with E-state index in [0.717, 1.165) is 5.56 Å². The van der Waals surface area contributed by atoms with Crippen LogP contribution in [0.5, 0.6) is 0 Å². The fraction of sp³-hybridized carbons (Fsp3) is 0.474. The molecule has 0 aliphatic rings. The highest BCUT2D eigenvalue weighted by Gasteiger charge is 2.23. The quantitative estimate of drug-likeness (QED) is 0.506. The molecule has 30 heavy (non-hydrogen) atoms. The molecule has 0 unspecified atom stereocenters. The van der Waals surface area contributed by atoms with Gasteiger partial charge in [-0.25, -0.2) is 4.79 Å². The molecule has 0 heterocycles. The van der Waals surface area contributed by atoms with Crippen LogP contribution in [0, 0.1) is 0 Å². The number of carboxylic acid groups (broad SMARTS) is 1. The molecule has 0 aliphatic carbocycles. The van der Waals surface area contributed by atoms with Crippen LogP contribution in [0.4, 0.5) is 4.79 Å². The smallest absolute Gasteiger partial charge is 0.408 e. The zero-order valence-electron chi connectivity index (χ0n) is 17.8. The van der Waals surface area contributed by atoms with Crippen LogP contribution in [0.1, 0.15) is 32.4 Å². The molecule has 0 saturated heterocycles. The largest absolute Gasteiger partial charge is 0.480 e. The average Bonchev–Trinajstić information content (AvgIpc) is 2.63. The molecule has 0 radical (unpaired) electrons. The van der Waals surface area contributed by atoms with Crippen molar-refractivity contribution in [3.63, 3.8) is 0 Å². The van der Waals surface area contributed by atoms with Crippen LogP contribution in [0.25, 0.3) is 0 Å². The van der Waals surface area contributed by atoms with Crippen LogP contribution in [0.3, 0.4) is 0 Å². The highest BCUT2D eigenvalue weighted by Crippen LogP contribution is 2.14. The zero-order chi connectivity index (χ0) is 22.6. The lowest BCUT2D eigenvalue weighted by Gasteiger charge is -2.21. The number of ether oxygens (including phenoxy) is 1.